The number of rotatable bonds is 6. The summed E-state index contributed by atoms with van der Waals surface area (Å²) in [5, 5.41) is 0. The number of piperidine rings is 1. The molecular weight excluding hydrogens is 448 g/mol. The molecule has 0 bridgehead atoms. The smallest absolute Gasteiger partial charge is 0.266 e. The van der Waals surface area contributed by atoms with Crippen molar-refractivity contribution in [3.8, 4) is 0 Å². The molecule has 2 fully saturated rings. The largest absolute Gasteiger partial charge is 0.341 e. The van der Waals surface area contributed by atoms with Crippen LogP contribution < -0.4 is 0 Å². The van der Waals surface area contributed by atoms with E-state index in [2.05, 4.69) is 24.3 Å². The van der Waals surface area contributed by atoms with Crippen LogP contribution in [0.15, 0.2) is 77.2 Å². The van der Waals surface area contributed by atoms with E-state index in [1.807, 2.05) is 60.4 Å². The molecule has 0 aromatic heterocycles. The van der Waals surface area contributed by atoms with E-state index in [1.54, 1.807) is 0 Å². The van der Waals surface area contributed by atoms with Crippen molar-refractivity contribution in [3.63, 3.8) is 0 Å². The lowest BCUT2D eigenvalue weighted by Crippen LogP contribution is -2.45. The lowest BCUT2D eigenvalue weighted by atomic mass is 9.90. The summed E-state index contributed by atoms with van der Waals surface area (Å²) in [6.07, 6.45) is 6.91. The van der Waals surface area contributed by atoms with E-state index >= 15 is 0 Å². The van der Waals surface area contributed by atoms with Gasteiger partial charge >= 0.3 is 0 Å². The highest BCUT2D eigenvalue weighted by Gasteiger charge is 2.35. The van der Waals surface area contributed by atoms with Gasteiger partial charge in [0.1, 0.15) is 10.9 Å². The topological polar surface area (TPSA) is 40.6 Å². The van der Waals surface area contributed by atoms with E-state index in [0.717, 1.165) is 43.5 Å². The number of allylic oxidation sites excluding steroid dienone is 2. The van der Waals surface area contributed by atoms with Crippen LogP contribution in [0.1, 0.15) is 30.9 Å². The van der Waals surface area contributed by atoms with Gasteiger partial charge in [-0.3, -0.25) is 14.5 Å². The monoisotopic (exact) mass is 476 g/mol. The Morgan fingerprint density at radius 1 is 1.06 bits per heavy atom. The minimum absolute atomic E-state index is 0.0206. The summed E-state index contributed by atoms with van der Waals surface area (Å²) in [5.41, 5.74) is 3.39. The zero-order valence-corrected chi connectivity index (χ0v) is 20.4. The Kier molecular flexibility index (Phi) is 7.78. The van der Waals surface area contributed by atoms with Crippen LogP contribution in [0.5, 0.6) is 0 Å². The highest BCUT2D eigenvalue weighted by atomic mass is 32.2. The first-order chi connectivity index (χ1) is 16.0. The first-order valence-electron chi connectivity index (χ1n) is 11.3. The van der Waals surface area contributed by atoms with Crippen molar-refractivity contribution in [2.75, 3.05) is 19.6 Å². The van der Waals surface area contributed by atoms with Crippen LogP contribution >= 0.6 is 24.0 Å². The average Bonchev–Trinajstić information content (AvgIpc) is 3.08. The number of nitrogens with zero attached hydrogens (tertiary/aromatic N) is 2. The van der Waals surface area contributed by atoms with Crippen molar-refractivity contribution in [3.05, 3.63) is 88.3 Å². The van der Waals surface area contributed by atoms with Crippen molar-refractivity contribution in [1.82, 2.24) is 9.80 Å². The zero-order valence-electron chi connectivity index (χ0n) is 18.8. The first kappa shape index (κ1) is 23.5. The predicted molar refractivity (Wildman–Crippen MR) is 140 cm³/mol. The molecule has 0 aliphatic carbocycles. The maximum absolute atomic E-state index is 12.9. The lowest BCUT2D eigenvalue weighted by molar-refractivity contribution is -0.136. The molecule has 4 rings (SSSR count). The minimum atomic E-state index is -0.182. The van der Waals surface area contributed by atoms with Gasteiger partial charge in [0.15, 0.2) is 0 Å². The molecule has 2 saturated heterocycles. The summed E-state index contributed by atoms with van der Waals surface area (Å²) in [4.78, 5) is 29.7. The number of hydrogen-bond donors (Lipinski definition) is 0. The SMILES string of the molecule is CC(=Cc1ccccc1)C=C1SC(=S)N(CC(=O)N2CCC(Cc3ccccc3)CC2)C1=O. The van der Waals surface area contributed by atoms with Crippen molar-refractivity contribution in [2.45, 2.75) is 26.2 Å². The van der Waals surface area contributed by atoms with E-state index in [4.69, 9.17) is 12.2 Å². The normalized spacial score (nSPS) is 18.9. The van der Waals surface area contributed by atoms with Crippen molar-refractivity contribution < 1.29 is 9.59 Å². The number of amides is 2. The van der Waals surface area contributed by atoms with Gasteiger partial charge < -0.3 is 4.90 Å². The van der Waals surface area contributed by atoms with Gasteiger partial charge in [-0.2, -0.15) is 0 Å². The number of likely N-dealkylation sites (tertiary alicyclic amines) is 1. The Morgan fingerprint density at radius 3 is 2.36 bits per heavy atom. The number of benzene rings is 2. The summed E-state index contributed by atoms with van der Waals surface area (Å²) in [5.74, 6) is 0.385. The summed E-state index contributed by atoms with van der Waals surface area (Å²) >= 11 is 6.69. The molecular formula is C27H28N2O2S2. The molecule has 2 amide bonds. The van der Waals surface area contributed by atoms with Crippen LogP contribution in [-0.4, -0.2) is 45.6 Å². The average molecular weight is 477 g/mol. The Balaban J connectivity index is 1.31. The van der Waals surface area contributed by atoms with Crippen LogP contribution in [0.4, 0.5) is 0 Å². The Labute approximate surface area is 205 Å². The Bertz CT molecular complexity index is 1070. The van der Waals surface area contributed by atoms with Gasteiger partial charge in [0.05, 0.1) is 4.91 Å². The molecule has 6 heteroatoms. The minimum Gasteiger partial charge on any atom is -0.341 e. The second-order valence-electron chi connectivity index (χ2n) is 8.58. The van der Waals surface area contributed by atoms with E-state index in [0.29, 0.717) is 15.1 Å². The zero-order chi connectivity index (χ0) is 23.2. The highest BCUT2D eigenvalue weighted by molar-refractivity contribution is 8.26. The molecule has 0 atom stereocenters. The maximum atomic E-state index is 12.9. The molecule has 4 nitrogen and oxygen atoms in total. The molecule has 2 aromatic rings. The summed E-state index contributed by atoms with van der Waals surface area (Å²) in [6.45, 7) is 3.46. The third-order valence-electron chi connectivity index (χ3n) is 6.05. The van der Waals surface area contributed by atoms with Crippen LogP contribution in [0.3, 0.4) is 0 Å². The van der Waals surface area contributed by atoms with E-state index < -0.39 is 0 Å². The van der Waals surface area contributed by atoms with Gasteiger partial charge in [0.2, 0.25) is 5.91 Å². The molecule has 2 aliphatic rings. The van der Waals surface area contributed by atoms with Gasteiger partial charge in [-0.1, -0.05) is 90.7 Å². The number of hydrogen-bond acceptors (Lipinski definition) is 4. The molecule has 33 heavy (non-hydrogen) atoms. The molecule has 170 valence electrons. The molecule has 0 unspecified atom stereocenters. The standard InChI is InChI=1S/C27H28N2O2S2/c1-20(16-21-8-4-2-5-9-21)17-24-26(31)29(27(32)33-24)19-25(30)28-14-12-23(13-15-28)18-22-10-6-3-7-11-22/h2-11,16-17,23H,12-15,18-19H2,1H3. The molecule has 0 spiro atoms. The van der Waals surface area contributed by atoms with Crippen molar-refractivity contribution in [2.24, 2.45) is 5.92 Å². The maximum Gasteiger partial charge on any atom is 0.266 e. The fourth-order valence-corrected chi connectivity index (χ4v) is 5.57. The number of carbonyl (C=O) groups excluding carboxylic acids is 2. The second-order valence-corrected chi connectivity index (χ2v) is 10.3. The molecule has 2 heterocycles. The third-order valence-corrected chi connectivity index (χ3v) is 7.43. The van der Waals surface area contributed by atoms with E-state index in [9.17, 15) is 9.59 Å². The highest BCUT2D eigenvalue weighted by Crippen LogP contribution is 2.32. The first-order valence-corrected chi connectivity index (χ1v) is 12.5. The van der Waals surface area contributed by atoms with Gasteiger partial charge in [0, 0.05) is 13.1 Å². The lowest BCUT2D eigenvalue weighted by Gasteiger charge is -2.33. The summed E-state index contributed by atoms with van der Waals surface area (Å²) in [6, 6.07) is 20.5. The summed E-state index contributed by atoms with van der Waals surface area (Å²) < 4.78 is 0.450. The van der Waals surface area contributed by atoms with Gasteiger partial charge in [0.25, 0.3) is 5.91 Å². The molecule has 0 N–H and O–H groups in total. The number of thioether (sulfide) groups is 1. The Morgan fingerprint density at radius 2 is 1.70 bits per heavy atom. The fourth-order valence-electron chi connectivity index (χ4n) is 4.27. The second kappa shape index (κ2) is 10.9. The van der Waals surface area contributed by atoms with Crippen LogP contribution in [0, 0.1) is 5.92 Å². The van der Waals surface area contributed by atoms with Gasteiger partial charge in [-0.15, -0.1) is 0 Å². The fraction of sp³-hybridized carbons (Fsp3) is 0.296. The molecule has 2 aromatic carbocycles. The molecule has 0 radical (unpaired) electrons. The van der Waals surface area contributed by atoms with Gasteiger partial charge in [-0.25, -0.2) is 0 Å². The van der Waals surface area contributed by atoms with Crippen molar-refractivity contribution >= 4 is 46.2 Å². The molecule has 2 aliphatic heterocycles. The quantitative estimate of drug-likeness (QED) is 0.418. The summed E-state index contributed by atoms with van der Waals surface area (Å²) in [7, 11) is 0. The molecule has 0 saturated carbocycles. The Hall–Kier alpha value is -2.70. The number of thiocarbonyl (C=S) groups is 1. The van der Waals surface area contributed by atoms with Crippen LogP contribution in [0.2, 0.25) is 0 Å². The van der Waals surface area contributed by atoms with E-state index in [1.165, 1.54) is 22.2 Å². The van der Waals surface area contributed by atoms with E-state index in [-0.39, 0.29) is 18.4 Å². The van der Waals surface area contributed by atoms with Crippen molar-refractivity contribution in [1.29, 1.82) is 0 Å². The van der Waals surface area contributed by atoms with Crippen LogP contribution in [-0.2, 0) is 16.0 Å². The number of carbonyl (C=O) groups is 2. The van der Waals surface area contributed by atoms with Gasteiger partial charge in [-0.05, 0) is 54.9 Å². The van der Waals surface area contributed by atoms with Crippen LogP contribution in [0.25, 0.3) is 6.08 Å². The third kappa shape index (κ3) is 6.21. The predicted octanol–water partition coefficient (Wildman–Crippen LogP) is 5.32.